The molecule has 4 rings (SSSR count). The van der Waals surface area contributed by atoms with Gasteiger partial charge in [-0.2, -0.15) is 0 Å². The molecule has 0 bridgehead atoms. The first-order valence-corrected chi connectivity index (χ1v) is 7.89. The van der Waals surface area contributed by atoms with Gasteiger partial charge in [0, 0.05) is 16.6 Å². The van der Waals surface area contributed by atoms with E-state index in [-0.39, 0.29) is 17.2 Å². The number of amides is 1. The standard InChI is InChI=1S/C21H15NO3/c23-18-7-3-2-6-17(18)21(24)22-16-11-9-14(10-12-16)20-13-15-5-1-4-8-19(15)25-20/h1-13,23H,(H,22,24). The first-order valence-electron chi connectivity index (χ1n) is 7.89. The van der Waals surface area contributed by atoms with Crippen molar-refractivity contribution in [1.29, 1.82) is 0 Å². The van der Waals surface area contributed by atoms with E-state index >= 15 is 0 Å². The van der Waals surface area contributed by atoms with Gasteiger partial charge in [0.25, 0.3) is 5.91 Å². The molecule has 0 spiro atoms. The Hall–Kier alpha value is -3.53. The molecule has 0 unspecified atom stereocenters. The van der Waals surface area contributed by atoms with Crippen LogP contribution in [0.5, 0.6) is 5.75 Å². The lowest BCUT2D eigenvalue weighted by Gasteiger charge is -2.07. The number of furan rings is 1. The Morgan fingerprint density at radius 3 is 2.36 bits per heavy atom. The lowest BCUT2D eigenvalue weighted by Crippen LogP contribution is -2.11. The van der Waals surface area contributed by atoms with E-state index in [0.717, 1.165) is 22.3 Å². The molecule has 0 aliphatic carbocycles. The Morgan fingerprint density at radius 2 is 1.60 bits per heavy atom. The lowest BCUT2D eigenvalue weighted by molar-refractivity contribution is 0.102. The molecule has 0 aliphatic rings. The summed E-state index contributed by atoms with van der Waals surface area (Å²) in [5.41, 5.74) is 2.66. The second-order valence-corrected chi connectivity index (χ2v) is 5.70. The predicted molar refractivity (Wildman–Crippen MR) is 97.7 cm³/mol. The van der Waals surface area contributed by atoms with Crippen LogP contribution in [0.1, 0.15) is 10.4 Å². The van der Waals surface area contributed by atoms with Gasteiger partial charge in [-0.25, -0.2) is 0 Å². The number of rotatable bonds is 3. The monoisotopic (exact) mass is 329 g/mol. The minimum atomic E-state index is -0.352. The van der Waals surface area contributed by atoms with E-state index in [1.165, 1.54) is 6.07 Å². The number of aromatic hydroxyl groups is 1. The van der Waals surface area contributed by atoms with Gasteiger partial charge in [0.15, 0.2) is 0 Å². The largest absolute Gasteiger partial charge is 0.507 e. The normalized spacial score (nSPS) is 10.7. The molecule has 2 N–H and O–H groups in total. The summed E-state index contributed by atoms with van der Waals surface area (Å²) >= 11 is 0. The van der Waals surface area contributed by atoms with E-state index in [1.54, 1.807) is 30.3 Å². The number of phenolic OH excluding ortho intramolecular Hbond substituents is 1. The second-order valence-electron chi connectivity index (χ2n) is 5.70. The predicted octanol–water partition coefficient (Wildman–Crippen LogP) is 5.06. The summed E-state index contributed by atoms with van der Waals surface area (Å²) in [7, 11) is 0. The molecule has 0 aliphatic heterocycles. The topological polar surface area (TPSA) is 62.5 Å². The smallest absolute Gasteiger partial charge is 0.259 e. The van der Waals surface area contributed by atoms with Gasteiger partial charge in [0.05, 0.1) is 5.56 Å². The minimum absolute atomic E-state index is 0.0427. The third kappa shape index (κ3) is 2.97. The number of fused-ring (bicyclic) bond motifs is 1. The van der Waals surface area contributed by atoms with Crippen molar-refractivity contribution in [2.45, 2.75) is 0 Å². The van der Waals surface area contributed by atoms with Crippen LogP contribution in [-0.2, 0) is 0 Å². The van der Waals surface area contributed by atoms with Gasteiger partial charge in [0.1, 0.15) is 17.1 Å². The fourth-order valence-corrected chi connectivity index (χ4v) is 2.71. The van der Waals surface area contributed by atoms with Gasteiger partial charge in [-0.15, -0.1) is 0 Å². The van der Waals surface area contributed by atoms with E-state index in [0.29, 0.717) is 5.69 Å². The zero-order valence-corrected chi connectivity index (χ0v) is 13.3. The van der Waals surface area contributed by atoms with Gasteiger partial charge in [-0.3, -0.25) is 4.79 Å². The molecule has 1 amide bonds. The molecule has 0 fully saturated rings. The first-order chi connectivity index (χ1) is 12.2. The number of phenols is 1. The van der Waals surface area contributed by atoms with Crippen LogP contribution in [0.3, 0.4) is 0 Å². The van der Waals surface area contributed by atoms with Crippen LogP contribution in [-0.4, -0.2) is 11.0 Å². The Kier molecular flexibility index (Phi) is 3.71. The van der Waals surface area contributed by atoms with Gasteiger partial charge in [0.2, 0.25) is 0 Å². The highest BCUT2D eigenvalue weighted by Crippen LogP contribution is 2.28. The van der Waals surface area contributed by atoms with E-state index in [1.807, 2.05) is 42.5 Å². The van der Waals surface area contributed by atoms with Crippen molar-refractivity contribution in [2.24, 2.45) is 0 Å². The van der Waals surface area contributed by atoms with Crippen molar-refractivity contribution in [3.8, 4) is 17.1 Å². The molecule has 122 valence electrons. The number of carbonyl (C=O) groups is 1. The molecule has 4 aromatic rings. The highest BCUT2D eigenvalue weighted by atomic mass is 16.3. The Balaban J connectivity index is 1.56. The summed E-state index contributed by atoms with van der Waals surface area (Å²) in [6, 6.07) is 23.7. The van der Waals surface area contributed by atoms with E-state index in [4.69, 9.17) is 4.42 Å². The Bertz CT molecular complexity index is 1020. The summed E-state index contributed by atoms with van der Waals surface area (Å²) in [6.45, 7) is 0. The molecule has 25 heavy (non-hydrogen) atoms. The maximum atomic E-state index is 12.2. The van der Waals surface area contributed by atoms with Crippen molar-refractivity contribution in [3.05, 3.63) is 84.4 Å². The number of hydrogen-bond acceptors (Lipinski definition) is 3. The minimum Gasteiger partial charge on any atom is -0.507 e. The summed E-state index contributed by atoms with van der Waals surface area (Å²) in [5.74, 6) is 0.383. The summed E-state index contributed by atoms with van der Waals surface area (Å²) in [4.78, 5) is 12.2. The van der Waals surface area contributed by atoms with Crippen molar-refractivity contribution in [2.75, 3.05) is 5.32 Å². The van der Waals surface area contributed by atoms with E-state index < -0.39 is 0 Å². The molecule has 4 heteroatoms. The van der Waals surface area contributed by atoms with Gasteiger partial charge in [-0.05, 0) is 48.5 Å². The highest BCUT2D eigenvalue weighted by Gasteiger charge is 2.11. The quantitative estimate of drug-likeness (QED) is 0.552. The number of hydrogen-bond donors (Lipinski definition) is 2. The second kappa shape index (κ2) is 6.17. The van der Waals surface area contributed by atoms with Crippen LogP contribution in [0.25, 0.3) is 22.3 Å². The molecular formula is C21H15NO3. The third-order valence-electron chi connectivity index (χ3n) is 4.00. The van der Waals surface area contributed by atoms with Gasteiger partial charge >= 0.3 is 0 Å². The van der Waals surface area contributed by atoms with Crippen molar-refractivity contribution in [1.82, 2.24) is 0 Å². The maximum Gasteiger partial charge on any atom is 0.259 e. The molecule has 1 heterocycles. The highest BCUT2D eigenvalue weighted by molar-refractivity contribution is 6.06. The fraction of sp³-hybridized carbons (Fsp3) is 0. The van der Waals surface area contributed by atoms with Crippen LogP contribution in [0.15, 0.2) is 83.3 Å². The molecule has 0 atom stereocenters. The summed E-state index contributed by atoms with van der Waals surface area (Å²) in [6.07, 6.45) is 0. The average Bonchev–Trinajstić information content (AvgIpc) is 3.07. The number of carbonyl (C=O) groups excluding carboxylic acids is 1. The van der Waals surface area contributed by atoms with Crippen LogP contribution >= 0.6 is 0 Å². The van der Waals surface area contributed by atoms with E-state index in [9.17, 15) is 9.90 Å². The van der Waals surface area contributed by atoms with Crippen molar-refractivity contribution >= 4 is 22.6 Å². The fourth-order valence-electron chi connectivity index (χ4n) is 2.71. The molecule has 1 aromatic heterocycles. The zero-order chi connectivity index (χ0) is 17.2. The Labute approximate surface area is 144 Å². The van der Waals surface area contributed by atoms with Gasteiger partial charge in [-0.1, -0.05) is 30.3 Å². The van der Waals surface area contributed by atoms with Gasteiger partial charge < -0.3 is 14.8 Å². The summed E-state index contributed by atoms with van der Waals surface area (Å²) in [5, 5.41) is 13.6. The number of nitrogens with one attached hydrogen (secondary N) is 1. The molecular weight excluding hydrogens is 314 g/mol. The Morgan fingerprint density at radius 1 is 0.880 bits per heavy atom. The number of anilines is 1. The zero-order valence-electron chi connectivity index (χ0n) is 13.3. The average molecular weight is 329 g/mol. The number of benzene rings is 3. The van der Waals surface area contributed by atoms with Crippen molar-refractivity contribution < 1.29 is 14.3 Å². The molecule has 0 radical (unpaired) electrons. The molecule has 3 aromatic carbocycles. The lowest BCUT2D eigenvalue weighted by atomic mass is 10.1. The van der Waals surface area contributed by atoms with Crippen molar-refractivity contribution in [3.63, 3.8) is 0 Å². The molecule has 4 nitrogen and oxygen atoms in total. The van der Waals surface area contributed by atoms with Crippen LogP contribution < -0.4 is 5.32 Å². The van der Waals surface area contributed by atoms with Crippen LogP contribution in [0.4, 0.5) is 5.69 Å². The third-order valence-corrected chi connectivity index (χ3v) is 4.00. The van der Waals surface area contributed by atoms with E-state index in [2.05, 4.69) is 5.32 Å². The first kappa shape index (κ1) is 15.0. The molecule has 0 saturated heterocycles. The molecule has 0 saturated carbocycles. The van der Waals surface area contributed by atoms with Crippen LogP contribution in [0, 0.1) is 0 Å². The summed E-state index contributed by atoms with van der Waals surface area (Å²) < 4.78 is 5.84. The maximum absolute atomic E-state index is 12.2. The van der Waals surface area contributed by atoms with Crippen LogP contribution in [0.2, 0.25) is 0 Å². The number of para-hydroxylation sites is 2. The SMILES string of the molecule is O=C(Nc1ccc(-c2cc3ccccc3o2)cc1)c1ccccc1O.